The first-order valence-corrected chi connectivity index (χ1v) is 8.33. The van der Waals surface area contributed by atoms with Crippen LogP contribution in [0.25, 0.3) is 22.2 Å². The molecule has 0 aliphatic heterocycles. The highest BCUT2D eigenvalue weighted by Crippen LogP contribution is 2.33. The molecule has 0 saturated heterocycles. The van der Waals surface area contributed by atoms with Gasteiger partial charge in [-0.3, -0.25) is 4.98 Å². The van der Waals surface area contributed by atoms with Crippen molar-refractivity contribution in [2.45, 2.75) is 19.4 Å². The molecule has 1 atom stereocenters. The number of hydrogen-bond acceptors (Lipinski definition) is 4. The Balaban J connectivity index is 0.00000196. The van der Waals surface area contributed by atoms with Crippen LogP contribution in [0.5, 0.6) is 0 Å². The average molecular weight is 366 g/mol. The minimum atomic E-state index is -0.165. The van der Waals surface area contributed by atoms with Gasteiger partial charge in [-0.05, 0) is 36.2 Å². The summed E-state index contributed by atoms with van der Waals surface area (Å²) in [6, 6.07) is 19.9. The Bertz CT molecular complexity index is 1010. The molecule has 0 fully saturated rings. The van der Waals surface area contributed by atoms with Crippen LogP contribution < -0.4 is 5.73 Å². The van der Waals surface area contributed by atoms with E-state index in [1.54, 1.807) is 0 Å². The highest BCUT2D eigenvalue weighted by atomic mass is 35.5. The molecule has 0 aliphatic rings. The Morgan fingerprint density at radius 3 is 2.58 bits per heavy atom. The number of nitrogens with zero attached hydrogens (tertiary/aromatic N) is 2. The molecule has 0 radical (unpaired) electrons. The van der Waals surface area contributed by atoms with Crippen molar-refractivity contribution in [2.75, 3.05) is 0 Å². The topological polar surface area (TPSA) is 64.9 Å². The van der Waals surface area contributed by atoms with Gasteiger partial charge in [0.1, 0.15) is 5.69 Å². The average Bonchev–Trinajstić information content (AvgIpc) is 3.07. The lowest BCUT2D eigenvalue weighted by Crippen LogP contribution is -2.15. The Labute approximate surface area is 158 Å². The van der Waals surface area contributed by atoms with Crippen molar-refractivity contribution in [2.24, 2.45) is 5.73 Å². The second-order valence-electron chi connectivity index (χ2n) is 6.25. The molecule has 0 amide bonds. The predicted octanol–water partition coefficient (Wildman–Crippen LogP) is 4.86. The third kappa shape index (κ3) is 3.47. The number of fused-ring (bicyclic) bond motifs is 1. The van der Waals surface area contributed by atoms with Crippen LogP contribution in [0.3, 0.4) is 0 Å². The fourth-order valence-electron chi connectivity index (χ4n) is 3.07. The van der Waals surface area contributed by atoms with Crippen LogP contribution in [0.4, 0.5) is 0 Å². The number of halogens is 1. The lowest BCUT2D eigenvalue weighted by atomic mass is 9.94. The molecule has 2 N–H and O–H groups in total. The second kappa shape index (κ2) is 7.68. The summed E-state index contributed by atoms with van der Waals surface area (Å²) in [5, 5.41) is 5.28. The summed E-state index contributed by atoms with van der Waals surface area (Å²) in [7, 11) is 0. The molecule has 4 rings (SSSR count). The van der Waals surface area contributed by atoms with E-state index in [0.29, 0.717) is 6.42 Å². The maximum Gasteiger partial charge on any atom is 0.167 e. The monoisotopic (exact) mass is 365 g/mol. The van der Waals surface area contributed by atoms with Gasteiger partial charge in [-0.25, -0.2) is 0 Å². The van der Waals surface area contributed by atoms with Gasteiger partial charge in [0.15, 0.2) is 5.58 Å². The number of aryl methyl sites for hydroxylation is 1. The molecule has 132 valence electrons. The van der Waals surface area contributed by atoms with Gasteiger partial charge in [0.05, 0.1) is 0 Å². The largest absolute Gasteiger partial charge is 0.356 e. The van der Waals surface area contributed by atoms with Gasteiger partial charge in [0.2, 0.25) is 0 Å². The van der Waals surface area contributed by atoms with Crippen LogP contribution in [0, 0.1) is 6.92 Å². The summed E-state index contributed by atoms with van der Waals surface area (Å²) in [6.45, 7) is 2.03. The summed E-state index contributed by atoms with van der Waals surface area (Å²) >= 11 is 0. The third-order valence-corrected chi connectivity index (χ3v) is 4.39. The van der Waals surface area contributed by atoms with Crippen LogP contribution in [0.1, 0.15) is 22.9 Å². The van der Waals surface area contributed by atoms with Gasteiger partial charge in [-0.15, -0.1) is 12.4 Å². The van der Waals surface area contributed by atoms with Crippen molar-refractivity contribution in [3.05, 3.63) is 83.7 Å². The van der Waals surface area contributed by atoms with Crippen LogP contribution in [-0.2, 0) is 6.42 Å². The van der Waals surface area contributed by atoms with Gasteiger partial charge in [-0.2, -0.15) is 0 Å². The molecule has 0 aliphatic carbocycles. The predicted molar refractivity (Wildman–Crippen MR) is 106 cm³/mol. The van der Waals surface area contributed by atoms with Crippen LogP contribution in [0.15, 0.2) is 71.4 Å². The van der Waals surface area contributed by atoms with Crippen molar-refractivity contribution in [3.63, 3.8) is 0 Å². The van der Waals surface area contributed by atoms with Gasteiger partial charge in [-0.1, -0.05) is 47.6 Å². The SMILES string of the molecule is Cc1ccc(C[C@H](N)c2ccccc2-c2noc3ccccc23)nc1.Cl. The highest BCUT2D eigenvalue weighted by Gasteiger charge is 2.17. The van der Waals surface area contributed by atoms with Crippen molar-refractivity contribution < 1.29 is 4.52 Å². The van der Waals surface area contributed by atoms with E-state index in [1.165, 1.54) is 0 Å². The van der Waals surface area contributed by atoms with E-state index in [2.05, 4.69) is 22.3 Å². The maximum absolute atomic E-state index is 6.52. The van der Waals surface area contributed by atoms with E-state index in [4.69, 9.17) is 10.3 Å². The van der Waals surface area contributed by atoms with Crippen molar-refractivity contribution >= 4 is 23.4 Å². The summed E-state index contributed by atoms with van der Waals surface area (Å²) in [4.78, 5) is 4.47. The Kier molecular flexibility index (Phi) is 5.35. The third-order valence-electron chi connectivity index (χ3n) is 4.39. The second-order valence-corrected chi connectivity index (χ2v) is 6.25. The highest BCUT2D eigenvalue weighted by molar-refractivity contribution is 5.92. The molecule has 5 heteroatoms. The number of rotatable bonds is 4. The molecule has 0 bridgehead atoms. The van der Waals surface area contributed by atoms with Gasteiger partial charge in [0, 0.05) is 35.3 Å². The zero-order valence-electron chi connectivity index (χ0n) is 14.4. The van der Waals surface area contributed by atoms with Crippen molar-refractivity contribution in [1.29, 1.82) is 0 Å². The molecule has 0 unspecified atom stereocenters. The smallest absolute Gasteiger partial charge is 0.167 e. The normalized spacial score (nSPS) is 11.9. The van der Waals surface area contributed by atoms with E-state index in [9.17, 15) is 0 Å². The Morgan fingerprint density at radius 1 is 1.00 bits per heavy atom. The number of hydrogen-bond donors (Lipinski definition) is 1. The molecule has 4 nitrogen and oxygen atoms in total. The summed E-state index contributed by atoms with van der Waals surface area (Å²) < 4.78 is 5.47. The van der Waals surface area contributed by atoms with Crippen LogP contribution in [0.2, 0.25) is 0 Å². The van der Waals surface area contributed by atoms with Crippen molar-refractivity contribution in [1.82, 2.24) is 10.1 Å². The maximum atomic E-state index is 6.52. The molecule has 26 heavy (non-hydrogen) atoms. The first kappa shape index (κ1) is 18.1. The minimum Gasteiger partial charge on any atom is -0.356 e. The van der Waals surface area contributed by atoms with Crippen LogP contribution in [-0.4, -0.2) is 10.1 Å². The number of para-hydroxylation sites is 1. The number of nitrogens with two attached hydrogens (primary N) is 1. The van der Waals surface area contributed by atoms with Gasteiger partial charge < -0.3 is 10.3 Å². The van der Waals surface area contributed by atoms with E-state index >= 15 is 0 Å². The van der Waals surface area contributed by atoms with E-state index in [0.717, 1.165) is 39.0 Å². The molecular formula is C21H20ClN3O. The molecule has 2 aromatic carbocycles. The quantitative estimate of drug-likeness (QED) is 0.560. The summed E-state index contributed by atoms with van der Waals surface area (Å²) in [5.74, 6) is 0. The lowest BCUT2D eigenvalue weighted by Gasteiger charge is -2.15. The van der Waals surface area contributed by atoms with Gasteiger partial charge in [0.25, 0.3) is 0 Å². The van der Waals surface area contributed by atoms with E-state index in [-0.39, 0.29) is 18.4 Å². The number of benzene rings is 2. The van der Waals surface area contributed by atoms with E-state index in [1.807, 2.05) is 61.7 Å². The lowest BCUT2D eigenvalue weighted by molar-refractivity contribution is 0.459. The molecule has 2 heterocycles. The zero-order chi connectivity index (χ0) is 17.2. The number of pyridine rings is 1. The van der Waals surface area contributed by atoms with E-state index < -0.39 is 0 Å². The standard InChI is InChI=1S/C21H19N3O.ClH/c1-14-10-11-15(23-13-14)12-19(22)16-6-2-3-7-17(16)21-18-8-4-5-9-20(18)25-24-21;/h2-11,13,19H,12,22H2,1H3;1H/t19-;/m0./s1. The summed E-state index contributed by atoms with van der Waals surface area (Å²) in [5.41, 5.74) is 12.3. The number of aromatic nitrogens is 2. The summed E-state index contributed by atoms with van der Waals surface area (Å²) in [6.07, 6.45) is 2.55. The molecule has 0 saturated carbocycles. The fraction of sp³-hybridized carbons (Fsp3) is 0.143. The molecular weight excluding hydrogens is 346 g/mol. The molecule has 0 spiro atoms. The first-order valence-electron chi connectivity index (χ1n) is 8.33. The van der Waals surface area contributed by atoms with Gasteiger partial charge >= 0.3 is 0 Å². The minimum absolute atomic E-state index is 0. The Hall–Kier alpha value is -2.69. The van der Waals surface area contributed by atoms with Crippen molar-refractivity contribution in [3.8, 4) is 11.3 Å². The Morgan fingerprint density at radius 2 is 1.77 bits per heavy atom. The first-order chi connectivity index (χ1) is 12.2. The molecule has 4 aromatic rings. The molecule has 2 aromatic heterocycles. The van der Waals surface area contributed by atoms with Crippen LogP contribution >= 0.6 is 12.4 Å². The zero-order valence-corrected chi connectivity index (χ0v) is 15.2. The fourth-order valence-corrected chi connectivity index (χ4v) is 3.07.